The summed E-state index contributed by atoms with van der Waals surface area (Å²) in [6, 6.07) is 4.95. The maximum atomic E-state index is 10.9. The van der Waals surface area contributed by atoms with Crippen LogP contribution in [0.25, 0.3) is 0 Å². The monoisotopic (exact) mass is 263 g/mol. The van der Waals surface area contributed by atoms with Gasteiger partial charge in [-0.1, -0.05) is 17.5 Å². The van der Waals surface area contributed by atoms with Crippen molar-refractivity contribution in [3.05, 3.63) is 28.8 Å². The van der Waals surface area contributed by atoms with E-state index in [1.54, 1.807) is 12.1 Å². The van der Waals surface area contributed by atoms with E-state index in [0.29, 0.717) is 12.5 Å². The van der Waals surface area contributed by atoms with Gasteiger partial charge in [0.2, 0.25) is 0 Å². The molecule has 1 aliphatic carbocycles. The van der Waals surface area contributed by atoms with Gasteiger partial charge in [-0.05, 0) is 37.0 Å². The number of benzene rings is 1. The number of hydrogen-bond donors (Lipinski definition) is 1. The molecule has 0 saturated heterocycles. The Morgan fingerprint density at radius 3 is 2.78 bits per heavy atom. The highest BCUT2D eigenvalue weighted by Crippen LogP contribution is 2.32. The van der Waals surface area contributed by atoms with Gasteiger partial charge in [0.05, 0.1) is 17.1 Å². The zero-order chi connectivity index (χ0) is 13.1. The molecule has 4 heteroatoms. The van der Waals surface area contributed by atoms with Gasteiger partial charge in [-0.25, -0.2) is 4.79 Å². The first-order valence-corrected chi connectivity index (χ1v) is 6.21. The molecule has 0 aliphatic heterocycles. The van der Waals surface area contributed by atoms with Gasteiger partial charge in [-0.3, -0.25) is 0 Å². The Morgan fingerprint density at radius 1 is 1.56 bits per heavy atom. The Labute approximate surface area is 111 Å². The first-order valence-electron chi connectivity index (χ1n) is 5.83. The van der Waals surface area contributed by atoms with Crippen molar-refractivity contribution in [1.82, 2.24) is 0 Å². The fraction of sp³-hybridized carbons (Fsp3) is 0.357. The second kappa shape index (κ2) is 5.32. The number of carboxylic acid groups (broad SMARTS) is 1. The molecule has 94 valence electrons. The van der Waals surface area contributed by atoms with E-state index in [1.165, 1.54) is 18.9 Å². The molecular formula is C14H14ClNO2. The Hall–Kier alpha value is -1.66. The van der Waals surface area contributed by atoms with Crippen LogP contribution >= 0.6 is 11.6 Å². The lowest BCUT2D eigenvalue weighted by Gasteiger charge is -2.22. The fourth-order valence-electron chi connectivity index (χ4n) is 1.86. The third-order valence-corrected chi connectivity index (χ3v) is 3.32. The number of nitrogens with zero attached hydrogens (tertiary/aromatic N) is 1. The van der Waals surface area contributed by atoms with Gasteiger partial charge in [0, 0.05) is 12.2 Å². The lowest BCUT2D eigenvalue weighted by Crippen LogP contribution is -2.26. The lowest BCUT2D eigenvalue weighted by molar-refractivity contribution is 0.0697. The summed E-state index contributed by atoms with van der Waals surface area (Å²) in [5, 5.41) is 9.17. The van der Waals surface area contributed by atoms with Crippen molar-refractivity contribution in [2.75, 3.05) is 18.0 Å². The average Bonchev–Trinajstić information content (AvgIpc) is 3.11. The summed E-state index contributed by atoms with van der Waals surface area (Å²) in [6.45, 7) is 1.42. The van der Waals surface area contributed by atoms with Crippen molar-refractivity contribution in [3.63, 3.8) is 0 Å². The van der Waals surface area contributed by atoms with Gasteiger partial charge in [-0.2, -0.15) is 0 Å². The van der Waals surface area contributed by atoms with Gasteiger partial charge in [0.15, 0.2) is 0 Å². The zero-order valence-corrected chi connectivity index (χ0v) is 10.7. The largest absolute Gasteiger partial charge is 0.478 e. The number of aromatic carboxylic acids is 1. The number of hydrogen-bond acceptors (Lipinski definition) is 2. The van der Waals surface area contributed by atoms with E-state index in [2.05, 4.69) is 10.8 Å². The molecule has 0 atom stereocenters. The summed E-state index contributed by atoms with van der Waals surface area (Å²) in [6.07, 6.45) is 7.84. The number of carboxylic acids is 1. The Bertz CT molecular complexity index is 503. The summed E-state index contributed by atoms with van der Waals surface area (Å²) < 4.78 is 0. The van der Waals surface area contributed by atoms with E-state index in [9.17, 15) is 4.79 Å². The van der Waals surface area contributed by atoms with Gasteiger partial charge in [0.25, 0.3) is 0 Å². The standard InChI is InChI=1S/C14H14ClNO2/c1-2-7-16(9-10-3-4-10)11-5-6-12(14(17)18)13(15)8-11/h1,5-6,8,10H,3-4,7,9H2,(H,17,18). The van der Waals surface area contributed by atoms with Crippen LogP contribution in [0.4, 0.5) is 5.69 Å². The summed E-state index contributed by atoms with van der Waals surface area (Å²) in [5.74, 6) is 2.31. The molecule has 0 amide bonds. The van der Waals surface area contributed by atoms with Gasteiger partial charge in [-0.15, -0.1) is 6.42 Å². The van der Waals surface area contributed by atoms with Crippen LogP contribution in [-0.2, 0) is 0 Å². The first-order chi connectivity index (χ1) is 8.61. The molecular weight excluding hydrogens is 250 g/mol. The fourth-order valence-corrected chi connectivity index (χ4v) is 2.11. The Balaban J connectivity index is 2.21. The number of carbonyl (C=O) groups is 1. The molecule has 1 saturated carbocycles. The second-order valence-electron chi connectivity index (χ2n) is 4.50. The highest BCUT2D eigenvalue weighted by Gasteiger charge is 2.24. The minimum atomic E-state index is -1.02. The van der Waals surface area contributed by atoms with E-state index >= 15 is 0 Å². The van der Waals surface area contributed by atoms with Crippen molar-refractivity contribution in [2.24, 2.45) is 5.92 Å². The number of halogens is 1. The number of rotatable bonds is 5. The first kappa shape index (κ1) is 12.8. The van der Waals surface area contributed by atoms with Crippen molar-refractivity contribution in [3.8, 4) is 12.3 Å². The molecule has 0 spiro atoms. The average molecular weight is 264 g/mol. The molecule has 18 heavy (non-hydrogen) atoms. The minimum Gasteiger partial charge on any atom is -0.478 e. The SMILES string of the molecule is C#CCN(CC1CC1)c1ccc(C(=O)O)c(Cl)c1. The van der Waals surface area contributed by atoms with E-state index in [1.807, 2.05) is 0 Å². The predicted octanol–water partition coefficient (Wildman–Crippen LogP) is 2.89. The minimum absolute atomic E-state index is 0.118. The molecule has 3 nitrogen and oxygen atoms in total. The molecule has 0 bridgehead atoms. The van der Waals surface area contributed by atoms with Crippen molar-refractivity contribution in [1.29, 1.82) is 0 Å². The van der Waals surface area contributed by atoms with E-state index in [0.717, 1.165) is 12.2 Å². The smallest absolute Gasteiger partial charge is 0.337 e. The zero-order valence-electron chi connectivity index (χ0n) is 9.90. The van der Waals surface area contributed by atoms with Crippen LogP contribution in [0.15, 0.2) is 18.2 Å². The summed E-state index contributed by atoms with van der Waals surface area (Å²) >= 11 is 5.96. The van der Waals surface area contributed by atoms with Crippen LogP contribution < -0.4 is 4.90 Å². The van der Waals surface area contributed by atoms with Crippen LogP contribution in [0.3, 0.4) is 0 Å². The van der Waals surface area contributed by atoms with Gasteiger partial charge in [0.1, 0.15) is 0 Å². The highest BCUT2D eigenvalue weighted by molar-refractivity contribution is 6.33. The quantitative estimate of drug-likeness (QED) is 0.831. The third kappa shape index (κ3) is 2.96. The number of anilines is 1. The molecule has 0 heterocycles. The molecule has 0 unspecified atom stereocenters. The summed E-state index contributed by atoms with van der Waals surface area (Å²) in [4.78, 5) is 13.0. The van der Waals surface area contributed by atoms with Crippen LogP contribution in [0.1, 0.15) is 23.2 Å². The lowest BCUT2D eigenvalue weighted by atomic mass is 10.2. The van der Waals surface area contributed by atoms with Gasteiger partial charge < -0.3 is 10.0 Å². The Kier molecular flexibility index (Phi) is 3.78. The van der Waals surface area contributed by atoms with Crippen LogP contribution in [0.2, 0.25) is 5.02 Å². The molecule has 1 aliphatic rings. The number of terminal acetylenes is 1. The van der Waals surface area contributed by atoms with Crippen LogP contribution in [0, 0.1) is 18.3 Å². The van der Waals surface area contributed by atoms with Crippen molar-refractivity contribution in [2.45, 2.75) is 12.8 Å². The van der Waals surface area contributed by atoms with Crippen LogP contribution in [0.5, 0.6) is 0 Å². The van der Waals surface area contributed by atoms with E-state index in [4.69, 9.17) is 23.1 Å². The molecule has 1 N–H and O–H groups in total. The predicted molar refractivity (Wildman–Crippen MR) is 72.2 cm³/mol. The molecule has 0 aromatic heterocycles. The topological polar surface area (TPSA) is 40.5 Å². The summed E-state index contributed by atoms with van der Waals surface area (Å²) in [7, 11) is 0. The van der Waals surface area contributed by atoms with E-state index < -0.39 is 5.97 Å². The normalized spacial score (nSPS) is 14.0. The highest BCUT2D eigenvalue weighted by atomic mass is 35.5. The second-order valence-corrected chi connectivity index (χ2v) is 4.90. The maximum absolute atomic E-state index is 10.9. The maximum Gasteiger partial charge on any atom is 0.337 e. The molecule has 2 rings (SSSR count). The summed E-state index contributed by atoms with van der Waals surface area (Å²) in [5.41, 5.74) is 1.00. The Morgan fingerprint density at radius 2 is 2.28 bits per heavy atom. The van der Waals surface area contributed by atoms with Gasteiger partial charge >= 0.3 is 5.97 Å². The molecule has 1 aromatic rings. The van der Waals surface area contributed by atoms with Crippen molar-refractivity contribution < 1.29 is 9.90 Å². The van der Waals surface area contributed by atoms with Crippen molar-refractivity contribution >= 4 is 23.3 Å². The van der Waals surface area contributed by atoms with Crippen LogP contribution in [-0.4, -0.2) is 24.2 Å². The third-order valence-electron chi connectivity index (χ3n) is 3.01. The molecule has 0 radical (unpaired) electrons. The molecule has 1 aromatic carbocycles. The van der Waals surface area contributed by atoms with E-state index in [-0.39, 0.29) is 10.6 Å². The molecule has 1 fully saturated rings.